The predicted molar refractivity (Wildman–Crippen MR) is 123 cm³/mol. The molecule has 3 aliphatic rings. The minimum absolute atomic E-state index is 0.0189. The Morgan fingerprint density at radius 3 is 2.97 bits per heavy atom. The summed E-state index contributed by atoms with van der Waals surface area (Å²) in [5.41, 5.74) is 5.79. The van der Waals surface area contributed by atoms with Gasteiger partial charge in [0.25, 0.3) is 0 Å². The lowest BCUT2D eigenvalue weighted by Gasteiger charge is -2.42. The van der Waals surface area contributed by atoms with Gasteiger partial charge in [-0.1, -0.05) is 29.2 Å². The molecule has 3 N–H and O–H groups in total. The fourth-order valence-corrected chi connectivity index (χ4v) is 6.30. The third-order valence-corrected chi connectivity index (χ3v) is 7.94. The minimum atomic E-state index is -1.80. The number of nitrogens with one attached hydrogen (secondary N) is 1. The predicted octanol–water partition coefficient (Wildman–Crippen LogP) is 3.37. The number of hydrogen-bond acceptors (Lipinski definition) is 9. The third kappa shape index (κ3) is 2.94. The van der Waals surface area contributed by atoms with Crippen molar-refractivity contribution in [2.45, 2.75) is 29.0 Å². The number of nitrogens with zero attached hydrogens (tertiary/aromatic N) is 4. The standard InChI is InChI=1S/C22H17FN6O2S2/c1-2-8-32-21-28-27-20(33-21)29-15-4-3-5-16(30)17(15)22(13(10-24)18(29)25)12-9-11(23)6-7-14(12)26-19(22)31/h2,6-7,9H,1,3-5,8,25H2,(H,26,31)/t22-/m0/s1. The maximum absolute atomic E-state index is 14.3. The van der Waals surface area contributed by atoms with E-state index in [1.54, 1.807) is 11.0 Å². The van der Waals surface area contributed by atoms with Gasteiger partial charge in [-0.05, 0) is 31.0 Å². The monoisotopic (exact) mass is 480 g/mol. The Morgan fingerprint density at radius 1 is 1.39 bits per heavy atom. The van der Waals surface area contributed by atoms with Gasteiger partial charge in [0.05, 0.1) is 5.57 Å². The number of thioether (sulfide) groups is 1. The van der Waals surface area contributed by atoms with Crippen LogP contribution in [0.3, 0.4) is 0 Å². The van der Waals surface area contributed by atoms with E-state index in [0.29, 0.717) is 39.5 Å². The van der Waals surface area contributed by atoms with Crippen LogP contribution < -0.4 is 16.0 Å². The highest BCUT2D eigenvalue weighted by Gasteiger charge is 2.60. The van der Waals surface area contributed by atoms with E-state index in [-0.39, 0.29) is 34.7 Å². The molecule has 5 rings (SSSR count). The van der Waals surface area contributed by atoms with E-state index >= 15 is 0 Å². The Balaban J connectivity index is 1.79. The number of amides is 1. The number of hydrogen-bond donors (Lipinski definition) is 2. The number of ketones is 1. The zero-order valence-corrected chi connectivity index (χ0v) is 18.9. The average Bonchev–Trinajstić information content (AvgIpc) is 3.36. The summed E-state index contributed by atoms with van der Waals surface area (Å²) < 4.78 is 15.0. The molecule has 1 spiro atoms. The maximum Gasteiger partial charge on any atom is 0.245 e. The number of aromatic nitrogens is 2. The molecule has 8 nitrogen and oxygen atoms in total. The fourth-order valence-electron chi connectivity index (χ4n) is 4.66. The number of halogens is 1. The first kappa shape index (κ1) is 21.4. The molecule has 11 heteroatoms. The summed E-state index contributed by atoms with van der Waals surface area (Å²) in [6.45, 7) is 3.69. The second kappa shape index (κ2) is 7.83. The van der Waals surface area contributed by atoms with E-state index in [4.69, 9.17) is 5.73 Å². The molecule has 0 saturated carbocycles. The van der Waals surface area contributed by atoms with Crippen LogP contribution in [0, 0.1) is 17.1 Å². The maximum atomic E-state index is 14.3. The van der Waals surface area contributed by atoms with Crippen LogP contribution in [0.1, 0.15) is 24.8 Å². The number of fused-ring (bicyclic) bond motifs is 3. The van der Waals surface area contributed by atoms with E-state index in [2.05, 4.69) is 28.2 Å². The van der Waals surface area contributed by atoms with E-state index in [9.17, 15) is 19.2 Å². The van der Waals surface area contributed by atoms with Crippen molar-refractivity contribution in [2.24, 2.45) is 5.73 Å². The first-order chi connectivity index (χ1) is 15.9. The summed E-state index contributed by atoms with van der Waals surface area (Å²) >= 11 is 2.71. The molecule has 0 saturated heterocycles. The molecular formula is C22H17FN6O2S2. The lowest BCUT2D eigenvalue weighted by Crippen LogP contribution is -2.50. The van der Waals surface area contributed by atoms with Crippen molar-refractivity contribution in [3.63, 3.8) is 0 Å². The van der Waals surface area contributed by atoms with Crippen LogP contribution in [-0.2, 0) is 15.0 Å². The first-order valence-corrected chi connectivity index (χ1v) is 11.9. The molecule has 0 bridgehead atoms. The number of Topliss-reactive ketones (excluding diaryl/α,β-unsaturated/α-hetero) is 1. The van der Waals surface area contributed by atoms with Crippen LogP contribution in [0.4, 0.5) is 15.2 Å². The van der Waals surface area contributed by atoms with Crippen LogP contribution in [0.2, 0.25) is 0 Å². The molecule has 2 aliphatic heterocycles. The second-order valence-electron chi connectivity index (χ2n) is 7.65. The Hall–Kier alpha value is -3.49. The Kier molecular flexibility index (Phi) is 5.07. The SMILES string of the molecule is C=CCSc1nnc(N2C(N)=C(C#N)[C@]3(C(=O)Nc4ccc(F)cc43)C3=C2CCCC3=O)s1. The van der Waals surface area contributed by atoms with Gasteiger partial charge >= 0.3 is 0 Å². The number of anilines is 2. The molecule has 33 heavy (non-hydrogen) atoms. The van der Waals surface area contributed by atoms with Crippen LogP contribution in [0.15, 0.2) is 57.9 Å². The number of carbonyl (C=O) groups is 2. The van der Waals surface area contributed by atoms with Crippen LogP contribution in [0.5, 0.6) is 0 Å². The third-order valence-electron chi connectivity index (χ3n) is 5.90. The molecule has 1 aromatic heterocycles. The highest BCUT2D eigenvalue weighted by Crippen LogP contribution is 2.55. The molecular weight excluding hydrogens is 463 g/mol. The highest BCUT2D eigenvalue weighted by molar-refractivity contribution is 8.01. The van der Waals surface area contributed by atoms with E-state index in [0.717, 1.165) is 0 Å². The molecule has 1 aliphatic carbocycles. The van der Waals surface area contributed by atoms with Crippen molar-refractivity contribution >= 4 is 45.6 Å². The minimum Gasteiger partial charge on any atom is -0.384 e. The lowest BCUT2D eigenvalue weighted by molar-refractivity contribution is -0.122. The molecule has 0 radical (unpaired) electrons. The van der Waals surface area contributed by atoms with Crippen LogP contribution in [-0.4, -0.2) is 27.6 Å². The summed E-state index contributed by atoms with van der Waals surface area (Å²) in [5, 5.41) is 21.7. The second-order valence-corrected chi connectivity index (χ2v) is 9.87. The normalized spacial score (nSPS) is 21.8. The van der Waals surface area contributed by atoms with Crippen molar-refractivity contribution in [1.82, 2.24) is 10.2 Å². The van der Waals surface area contributed by atoms with Gasteiger partial charge in [-0.2, -0.15) is 5.26 Å². The molecule has 1 amide bonds. The Morgan fingerprint density at radius 2 is 2.21 bits per heavy atom. The van der Waals surface area contributed by atoms with Crippen molar-refractivity contribution in [1.29, 1.82) is 5.26 Å². The molecule has 0 fully saturated rings. The Bertz CT molecular complexity index is 1340. The Labute approximate surface area is 196 Å². The summed E-state index contributed by atoms with van der Waals surface area (Å²) in [4.78, 5) is 28.4. The summed E-state index contributed by atoms with van der Waals surface area (Å²) in [5.74, 6) is -0.832. The van der Waals surface area contributed by atoms with E-state index in [1.165, 1.54) is 41.3 Å². The zero-order valence-electron chi connectivity index (χ0n) is 17.2. The highest BCUT2D eigenvalue weighted by atomic mass is 32.2. The van der Waals surface area contributed by atoms with Crippen molar-refractivity contribution < 1.29 is 14.0 Å². The summed E-state index contributed by atoms with van der Waals surface area (Å²) in [6.07, 6.45) is 2.94. The molecule has 0 unspecified atom stereocenters. The van der Waals surface area contributed by atoms with Gasteiger partial charge in [-0.3, -0.25) is 14.5 Å². The van der Waals surface area contributed by atoms with Crippen LogP contribution in [0.25, 0.3) is 0 Å². The van der Waals surface area contributed by atoms with Gasteiger partial charge < -0.3 is 11.1 Å². The molecule has 1 aromatic carbocycles. The lowest BCUT2D eigenvalue weighted by atomic mass is 9.64. The number of nitrogens with two attached hydrogens (primary N) is 1. The zero-order chi connectivity index (χ0) is 23.3. The smallest absolute Gasteiger partial charge is 0.245 e. The van der Waals surface area contributed by atoms with E-state index < -0.39 is 17.1 Å². The topological polar surface area (TPSA) is 125 Å². The number of rotatable bonds is 4. The molecule has 2 aromatic rings. The van der Waals surface area contributed by atoms with Crippen molar-refractivity contribution in [2.75, 3.05) is 16.0 Å². The summed E-state index contributed by atoms with van der Waals surface area (Å²) in [7, 11) is 0. The number of carbonyl (C=O) groups excluding carboxylic acids is 2. The first-order valence-electron chi connectivity index (χ1n) is 10.1. The quantitative estimate of drug-likeness (QED) is 0.504. The van der Waals surface area contributed by atoms with Gasteiger partial charge in [-0.15, -0.1) is 16.8 Å². The van der Waals surface area contributed by atoms with Gasteiger partial charge in [0.2, 0.25) is 11.0 Å². The molecule has 166 valence electrons. The molecule has 3 heterocycles. The molecule has 1 atom stereocenters. The van der Waals surface area contributed by atoms with Gasteiger partial charge in [0, 0.05) is 34.7 Å². The van der Waals surface area contributed by atoms with Gasteiger partial charge in [0.15, 0.2) is 10.1 Å². The largest absolute Gasteiger partial charge is 0.384 e. The number of benzene rings is 1. The fraction of sp³-hybridized carbons (Fsp3) is 0.227. The van der Waals surface area contributed by atoms with Gasteiger partial charge in [-0.25, -0.2) is 4.39 Å². The van der Waals surface area contributed by atoms with Crippen molar-refractivity contribution in [3.8, 4) is 6.07 Å². The number of allylic oxidation sites excluding steroid dienone is 1. The van der Waals surface area contributed by atoms with E-state index in [1.807, 2.05) is 0 Å². The van der Waals surface area contributed by atoms with Gasteiger partial charge in [0.1, 0.15) is 23.1 Å². The van der Waals surface area contributed by atoms with Crippen molar-refractivity contribution in [3.05, 3.63) is 64.9 Å². The number of nitriles is 1. The summed E-state index contributed by atoms with van der Waals surface area (Å²) in [6, 6.07) is 5.89. The average molecular weight is 481 g/mol. The van der Waals surface area contributed by atoms with Crippen LogP contribution >= 0.6 is 23.1 Å².